The minimum absolute atomic E-state index is 0.521. The van der Waals surface area contributed by atoms with Gasteiger partial charge < -0.3 is 10.1 Å². The Bertz CT molecular complexity index is 513. The Morgan fingerprint density at radius 1 is 1.41 bits per heavy atom. The van der Waals surface area contributed by atoms with E-state index in [2.05, 4.69) is 36.7 Å². The third kappa shape index (κ3) is 3.16. The zero-order valence-corrected chi connectivity index (χ0v) is 11.1. The maximum Gasteiger partial charge on any atom is 0.193 e. The fraction of sp³-hybridized carbons (Fsp3) is 0.300. The molecular weight excluding hydrogens is 286 g/mol. The fourth-order valence-corrected chi connectivity index (χ4v) is 1.83. The lowest BCUT2D eigenvalue weighted by Crippen LogP contribution is -2.02. The van der Waals surface area contributed by atoms with Gasteiger partial charge in [-0.15, -0.1) is 10.2 Å². The summed E-state index contributed by atoms with van der Waals surface area (Å²) in [6, 6.07) is 5.76. The lowest BCUT2D eigenvalue weighted by atomic mass is 10.3. The zero-order valence-electron chi connectivity index (χ0n) is 9.51. The Balaban J connectivity index is 2.05. The number of methoxy groups -OCH3 is 1. The van der Waals surface area contributed by atoms with E-state index in [1.54, 1.807) is 14.2 Å². The van der Waals surface area contributed by atoms with Gasteiger partial charge in [0, 0.05) is 16.2 Å². The van der Waals surface area contributed by atoms with Crippen molar-refractivity contribution in [2.75, 3.05) is 12.4 Å². The highest BCUT2D eigenvalue weighted by molar-refractivity contribution is 9.10. The molecule has 0 atom stereocenters. The third-order valence-corrected chi connectivity index (χ3v) is 2.57. The van der Waals surface area contributed by atoms with E-state index in [0.717, 1.165) is 15.9 Å². The van der Waals surface area contributed by atoms with Gasteiger partial charge >= 0.3 is 0 Å². The maximum absolute atomic E-state index is 5.17. The fourth-order valence-electron chi connectivity index (χ4n) is 1.36. The predicted molar refractivity (Wildman–Crippen MR) is 66.8 cm³/mol. The normalized spacial score (nSPS) is 10.3. The summed E-state index contributed by atoms with van der Waals surface area (Å²) < 4.78 is 6.12. The Morgan fingerprint density at radius 3 is 2.88 bits per heavy atom. The largest absolute Gasteiger partial charge is 0.497 e. The van der Waals surface area contributed by atoms with E-state index in [9.17, 15) is 0 Å². The molecule has 1 aromatic carbocycles. The van der Waals surface area contributed by atoms with Crippen molar-refractivity contribution in [3.8, 4) is 5.75 Å². The van der Waals surface area contributed by atoms with Crippen LogP contribution in [0.1, 0.15) is 5.82 Å². The highest BCUT2D eigenvalue weighted by atomic mass is 79.9. The molecule has 17 heavy (non-hydrogen) atoms. The van der Waals surface area contributed by atoms with Gasteiger partial charge in [-0.25, -0.2) is 0 Å². The molecule has 0 aliphatic heterocycles. The van der Waals surface area contributed by atoms with Crippen molar-refractivity contribution in [2.24, 2.45) is 7.05 Å². The molecule has 0 spiro atoms. The van der Waals surface area contributed by atoms with Crippen LogP contribution < -0.4 is 10.1 Å². The minimum Gasteiger partial charge on any atom is -0.497 e. The van der Waals surface area contributed by atoms with Crippen LogP contribution in [0.3, 0.4) is 0 Å². The predicted octanol–water partition coefficient (Wildman–Crippen LogP) is 1.59. The van der Waals surface area contributed by atoms with Gasteiger partial charge in [-0.3, -0.25) is 0 Å². The van der Waals surface area contributed by atoms with Crippen LogP contribution in [0.15, 0.2) is 22.7 Å². The quantitative estimate of drug-likeness (QED) is 0.928. The average Bonchev–Trinajstić information content (AvgIpc) is 2.72. The maximum atomic E-state index is 5.17. The topological polar surface area (TPSA) is 64.9 Å². The van der Waals surface area contributed by atoms with Crippen LogP contribution in [0, 0.1) is 0 Å². The lowest BCUT2D eigenvalue weighted by molar-refractivity contribution is 0.414. The molecule has 2 aromatic rings. The lowest BCUT2D eigenvalue weighted by Gasteiger charge is -2.07. The standard InChI is InChI=1S/C10H12BrN5O/c1-16-14-10(13-15-16)6-12-8-3-7(11)4-9(5-8)17-2/h3-5,12H,6H2,1-2H3. The number of hydrogen-bond acceptors (Lipinski definition) is 5. The van der Waals surface area contributed by atoms with Gasteiger partial charge in [0.1, 0.15) is 5.75 Å². The van der Waals surface area contributed by atoms with Gasteiger partial charge in [0.2, 0.25) is 0 Å². The van der Waals surface area contributed by atoms with E-state index >= 15 is 0 Å². The van der Waals surface area contributed by atoms with Gasteiger partial charge in [-0.2, -0.15) is 4.80 Å². The summed E-state index contributed by atoms with van der Waals surface area (Å²) in [6.07, 6.45) is 0. The number of benzene rings is 1. The highest BCUT2D eigenvalue weighted by Gasteiger charge is 2.02. The minimum atomic E-state index is 0.521. The molecular formula is C10H12BrN5O. The zero-order chi connectivity index (χ0) is 12.3. The molecule has 1 aromatic heterocycles. The van der Waals surface area contributed by atoms with Crippen molar-refractivity contribution in [1.82, 2.24) is 20.2 Å². The molecule has 0 saturated carbocycles. The van der Waals surface area contributed by atoms with Gasteiger partial charge in [0.15, 0.2) is 5.82 Å². The van der Waals surface area contributed by atoms with E-state index < -0.39 is 0 Å². The van der Waals surface area contributed by atoms with Crippen LogP contribution in [-0.2, 0) is 13.6 Å². The summed E-state index contributed by atoms with van der Waals surface area (Å²) in [4.78, 5) is 1.43. The van der Waals surface area contributed by atoms with Crippen LogP contribution in [0.25, 0.3) is 0 Å². The van der Waals surface area contributed by atoms with Gasteiger partial charge in [0.25, 0.3) is 0 Å². The summed E-state index contributed by atoms with van der Waals surface area (Å²) in [5.74, 6) is 1.43. The van der Waals surface area contributed by atoms with Gasteiger partial charge in [-0.05, 0) is 17.3 Å². The van der Waals surface area contributed by atoms with Gasteiger partial charge in [-0.1, -0.05) is 15.9 Å². The monoisotopic (exact) mass is 297 g/mol. The summed E-state index contributed by atoms with van der Waals surface area (Å²) >= 11 is 3.42. The smallest absolute Gasteiger partial charge is 0.193 e. The number of tetrazole rings is 1. The van der Waals surface area contributed by atoms with Crippen molar-refractivity contribution < 1.29 is 4.74 Å². The van der Waals surface area contributed by atoms with E-state index in [0.29, 0.717) is 12.4 Å². The number of nitrogens with zero attached hydrogens (tertiary/aromatic N) is 4. The van der Waals surface area contributed by atoms with Crippen molar-refractivity contribution in [2.45, 2.75) is 6.54 Å². The van der Waals surface area contributed by atoms with Crippen molar-refractivity contribution in [1.29, 1.82) is 0 Å². The third-order valence-electron chi connectivity index (χ3n) is 2.11. The van der Waals surface area contributed by atoms with E-state index in [-0.39, 0.29) is 0 Å². The first kappa shape index (κ1) is 11.8. The molecule has 0 unspecified atom stereocenters. The Labute approximate surface area is 107 Å². The van der Waals surface area contributed by atoms with Crippen LogP contribution in [0.5, 0.6) is 5.75 Å². The Hall–Kier alpha value is -1.63. The molecule has 0 amide bonds. The number of aryl methyl sites for hydroxylation is 1. The second-order valence-corrected chi connectivity index (χ2v) is 4.34. The average molecular weight is 298 g/mol. The molecule has 0 aliphatic carbocycles. The molecule has 90 valence electrons. The summed E-state index contributed by atoms with van der Waals surface area (Å²) in [5.41, 5.74) is 0.934. The number of rotatable bonds is 4. The molecule has 1 heterocycles. The first-order valence-electron chi connectivity index (χ1n) is 4.98. The van der Waals surface area contributed by atoms with E-state index in [1.165, 1.54) is 4.80 Å². The number of anilines is 1. The number of hydrogen-bond donors (Lipinski definition) is 1. The van der Waals surface area contributed by atoms with Crippen molar-refractivity contribution >= 4 is 21.6 Å². The highest BCUT2D eigenvalue weighted by Crippen LogP contribution is 2.24. The number of halogens is 1. The summed E-state index contributed by atoms with van der Waals surface area (Å²) in [7, 11) is 3.37. The second-order valence-electron chi connectivity index (χ2n) is 3.43. The van der Waals surface area contributed by atoms with Crippen LogP contribution >= 0.6 is 15.9 Å². The summed E-state index contributed by atoms with van der Waals surface area (Å²) in [5, 5.41) is 14.9. The summed E-state index contributed by atoms with van der Waals surface area (Å²) in [6.45, 7) is 0.521. The van der Waals surface area contributed by atoms with Crippen molar-refractivity contribution in [3.63, 3.8) is 0 Å². The first-order chi connectivity index (χ1) is 8.17. The number of nitrogens with one attached hydrogen (secondary N) is 1. The van der Waals surface area contributed by atoms with Gasteiger partial charge in [0.05, 0.1) is 20.7 Å². The second kappa shape index (κ2) is 5.13. The molecule has 0 radical (unpaired) electrons. The molecule has 1 N–H and O–H groups in total. The number of aromatic nitrogens is 4. The first-order valence-corrected chi connectivity index (χ1v) is 5.78. The molecule has 0 bridgehead atoms. The van der Waals surface area contributed by atoms with E-state index in [1.807, 2.05) is 18.2 Å². The molecule has 0 aliphatic rings. The van der Waals surface area contributed by atoms with Crippen LogP contribution in [0.2, 0.25) is 0 Å². The molecule has 0 saturated heterocycles. The Morgan fingerprint density at radius 2 is 2.24 bits per heavy atom. The van der Waals surface area contributed by atoms with Crippen molar-refractivity contribution in [3.05, 3.63) is 28.5 Å². The van der Waals surface area contributed by atoms with Crippen LogP contribution in [0.4, 0.5) is 5.69 Å². The van der Waals surface area contributed by atoms with E-state index in [4.69, 9.17) is 4.74 Å². The molecule has 7 heteroatoms. The Kier molecular flexibility index (Phi) is 3.58. The SMILES string of the molecule is COc1cc(Br)cc(NCc2nnn(C)n2)c1. The molecule has 2 rings (SSSR count). The molecule has 6 nitrogen and oxygen atoms in total. The number of ether oxygens (including phenoxy) is 1. The molecule has 0 fully saturated rings. The van der Waals surface area contributed by atoms with Crippen LogP contribution in [-0.4, -0.2) is 27.3 Å².